The molecule has 0 bridgehead atoms. The van der Waals surface area contributed by atoms with Gasteiger partial charge in [0.25, 0.3) is 0 Å². The normalized spacial score (nSPS) is 24.8. The van der Waals surface area contributed by atoms with Gasteiger partial charge in [0.1, 0.15) is 11.9 Å². The number of aliphatic hydroxyl groups excluding tert-OH is 1. The Morgan fingerprint density at radius 3 is 2.62 bits per heavy atom. The van der Waals surface area contributed by atoms with Gasteiger partial charge in [-0.25, -0.2) is 0 Å². The molecule has 88 valence electrons. The van der Waals surface area contributed by atoms with Crippen LogP contribution in [0, 0.1) is 12.3 Å². The van der Waals surface area contributed by atoms with Crippen molar-refractivity contribution < 1.29 is 9.84 Å². The van der Waals surface area contributed by atoms with Gasteiger partial charge in [-0.2, -0.15) is 0 Å². The van der Waals surface area contributed by atoms with Crippen molar-refractivity contribution in [3.8, 4) is 5.75 Å². The molecule has 1 aromatic rings. The first-order valence-corrected chi connectivity index (χ1v) is 5.83. The molecule has 1 aliphatic heterocycles. The van der Waals surface area contributed by atoms with Gasteiger partial charge in [0.15, 0.2) is 0 Å². The quantitative estimate of drug-likeness (QED) is 0.727. The van der Waals surface area contributed by atoms with E-state index in [4.69, 9.17) is 4.74 Å². The SMILES string of the molecule is Cc1ccc2c(c1)[C@@H](O)CC(C(C)(C)C)O2. The highest BCUT2D eigenvalue weighted by Crippen LogP contribution is 2.40. The molecule has 1 unspecified atom stereocenters. The molecule has 0 saturated carbocycles. The molecule has 0 fully saturated rings. The van der Waals surface area contributed by atoms with Gasteiger partial charge in [-0.3, -0.25) is 0 Å². The summed E-state index contributed by atoms with van der Waals surface area (Å²) < 4.78 is 5.96. The minimum absolute atomic E-state index is 0.0591. The van der Waals surface area contributed by atoms with E-state index in [1.54, 1.807) is 0 Å². The Hall–Kier alpha value is -1.02. The number of aryl methyl sites for hydroxylation is 1. The summed E-state index contributed by atoms with van der Waals surface area (Å²) in [7, 11) is 0. The summed E-state index contributed by atoms with van der Waals surface area (Å²) in [6, 6.07) is 6.00. The average molecular weight is 220 g/mol. The molecule has 1 heterocycles. The zero-order valence-electron chi connectivity index (χ0n) is 10.4. The van der Waals surface area contributed by atoms with E-state index in [-0.39, 0.29) is 11.5 Å². The standard InChI is InChI=1S/C14H20O2/c1-9-5-6-12-10(7-9)11(15)8-13(16-12)14(2,3)4/h5-7,11,13,15H,8H2,1-4H3/t11-,13?/m0/s1. The monoisotopic (exact) mass is 220 g/mol. The van der Waals surface area contributed by atoms with Gasteiger partial charge in [-0.05, 0) is 24.5 Å². The lowest BCUT2D eigenvalue weighted by Gasteiger charge is -2.37. The number of ether oxygens (including phenoxy) is 1. The van der Waals surface area contributed by atoms with Crippen LogP contribution < -0.4 is 4.74 Å². The number of fused-ring (bicyclic) bond motifs is 1. The van der Waals surface area contributed by atoms with Crippen molar-refractivity contribution >= 4 is 0 Å². The van der Waals surface area contributed by atoms with Gasteiger partial charge < -0.3 is 9.84 Å². The van der Waals surface area contributed by atoms with Crippen LogP contribution in [0.3, 0.4) is 0 Å². The van der Waals surface area contributed by atoms with Crippen LogP contribution in [-0.2, 0) is 0 Å². The summed E-state index contributed by atoms with van der Waals surface area (Å²) in [4.78, 5) is 0. The van der Waals surface area contributed by atoms with Gasteiger partial charge >= 0.3 is 0 Å². The molecule has 0 amide bonds. The third kappa shape index (κ3) is 2.07. The van der Waals surface area contributed by atoms with Gasteiger partial charge in [0.2, 0.25) is 0 Å². The van der Waals surface area contributed by atoms with E-state index >= 15 is 0 Å². The van der Waals surface area contributed by atoms with E-state index in [1.807, 2.05) is 25.1 Å². The Bertz CT molecular complexity index is 390. The Morgan fingerprint density at radius 2 is 2.00 bits per heavy atom. The maximum atomic E-state index is 10.1. The Labute approximate surface area is 97.3 Å². The molecule has 16 heavy (non-hydrogen) atoms. The summed E-state index contributed by atoms with van der Waals surface area (Å²) in [5.74, 6) is 0.837. The van der Waals surface area contributed by atoms with E-state index < -0.39 is 6.10 Å². The Balaban J connectivity index is 2.34. The maximum absolute atomic E-state index is 10.1. The second-order valence-electron chi connectivity index (χ2n) is 5.77. The number of benzene rings is 1. The highest BCUT2D eigenvalue weighted by atomic mass is 16.5. The lowest BCUT2D eigenvalue weighted by Crippen LogP contribution is -2.36. The third-order valence-electron chi connectivity index (χ3n) is 3.20. The number of hydrogen-bond acceptors (Lipinski definition) is 2. The van der Waals surface area contributed by atoms with Crippen LogP contribution >= 0.6 is 0 Å². The smallest absolute Gasteiger partial charge is 0.125 e. The Morgan fingerprint density at radius 1 is 1.31 bits per heavy atom. The lowest BCUT2D eigenvalue weighted by atomic mass is 9.82. The average Bonchev–Trinajstić information content (AvgIpc) is 2.17. The molecule has 0 saturated heterocycles. The third-order valence-corrected chi connectivity index (χ3v) is 3.20. The van der Waals surface area contributed by atoms with Gasteiger partial charge in [-0.1, -0.05) is 32.4 Å². The van der Waals surface area contributed by atoms with E-state index in [0.717, 1.165) is 16.9 Å². The van der Waals surface area contributed by atoms with Crippen LogP contribution in [0.5, 0.6) is 5.75 Å². The first-order valence-electron chi connectivity index (χ1n) is 5.83. The molecule has 0 aromatic heterocycles. The van der Waals surface area contributed by atoms with Crippen molar-refractivity contribution in [2.24, 2.45) is 5.41 Å². The van der Waals surface area contributed by atoms with Crippen LogP contribution in [0.1, 0.15) is 44.4 Å². The van der Waals surface area contributed by atoms with Crippen LogP contribution in [0.25, 0.3) is 0 Å². The predicted molar refractivity (Wildman–Crippen MR) is 64.6 cm³/mol. The molecule has 2 nitrogen and oxygen atoms in total. The Kier molecular flexibility index (Phi) is 2.70. The van der Waals surface area contributed by atoms with Crippen molar-refractivity contribution in [2.45, 2.75) is 46.3 Å². The van der Waals surface area contributed by atoms with Crippen LogP contribution in [0.4, 0.5) is 0 Å². The van der Waals surface area contributed by atoms with Crippen LogP contribution in [0.2, 0.25) is 0 Å². The van der Waals surface area contributed by atoms with Gasteiger partial charge in [0.05, 0.1) is 6.10 Å². The topological polar surface area (TPSA) is 29.5 Å². The molecule has 0 spiro atoms. The summed E-state index contributed by atoms with van der Waals surface area (Å²) in [6.07, 6.45) is 0.366. The fourth-order valence-corrected chi connectivity index (χ4v) is 2.10. The van der Waals surface area contributed by atoms with Gasteiger partial charge in [0, 0.05) is 12.0 Å². The first-order chi connectivity index (χ1) is 7.38. The zero-order chi connectivity index (χ0) is 11.9. The highest BCUT2D eigenvalue weighted by Gasteiger charge is 2.34. The zero-order valence-corrected chi connectivity index (χ0v) is 10.4. The molecule has 2 atom stereocenters. The number of rotatable bonds is 0. The second-order valence-corrected chi connectivity index (χ2v) is 5.77. The summed E-state index contributed by atoms with van der Waals surface area (Å²) in [5, 5.41) is 10.1. The molecule has 0 radical (unpaired) electrons. The fraction of sp³-hybridized carbons (Fsp3) is 0.571. The van der Waals surface area contributed by atoms with Crippen molar-refractivity contribution in [1.82, 2.24) is 0 Å². The molecule has 1 aromatic carbocycles. The molecule has 2 rings (SSSR count). The van der Waals surface area contributed by atoms with Crippen LogP contribution in [-0.4, -0.2) is 11.2 Å². The molecule has 2 heteroatoms. The summed E-state index contributed by atoms with van der Waals surface area (Å²) in [6.45, 7) is 8.46. The second kappa shape index (κ2) is 3.77. The van der Waals surface area contributed by atoms with E-state index in [1.165, 1.54) is 0 Å². The molecule has 1 aliphatic rings. The largest absolute Gasteiger partial charge is 0.489 e. The molecule has 1 N–H and O–H groups in total. The first kappa shape index (κ1) is 11.5. The predicted octanol–water partition coefficient (Wildman–Crippen LogP) is 3.23. The van der Waals surface area contributed by atoms with E-state index in [0.29, 0.717) is 6.42 Å². The minimum atomic E-state index is -0.395. The van der Waals surface area contributed by atoms with Crippen molar-refractivity contribution in [3.63, 3.8) is 0 Å². The van der Waals surface area contributed by atoms with Crippen molar-refractivity contribution in [2.75, 3.05) is 0 Å². The van der Waals surface area contributed by atoms with Crippen LogP contribution in [0.15, 0.2) is 18.2 Å². The maximum Gasteiger partial charge on any atom is 0.125 e. The number of aliphatic hydroxyl groups is 1. The van der Waals surface area contributed by atoms with E-state index in [2.05, 4.69) is 20.8 Å². The van der Waals surface area contributed by atoms with Gasteiger partial charge in [-0.15, -0.1) is 0 Å². The molecule has 0 aliphatic carbocycles. The highest BCUT2D eigenvalue weighted by molar-refractivity contribution is 5.40. The molecular weight excluding hydrogens is 200 g/mol. The lowest BCUT2D eigenvalue weighted by molar-refractivity contribution is 0.00797. The minimum Gasteiger partial charge on any atom is -0.489 e. The fourth-order valence-electron chi connectivity index (χ4n) is 2.10. The summed E-state index contributed by atoms with van der Waals surface area (Å²) >= 11 is 0. The van der Waals surface area contributed by atoms with Crippen molar-refractivity contribution in [1.29, 1.82) is 0 Å². The van der Waals surface area contributed by atoms with E-state index in [9.17, 15) is 5.11 Å². The molecular formula is C14H20O2. The summed E-state index contributed by atoms with van der Waals surface area (Å²) in [5.41, 5.74) is 2.15. The van der Waals surface area contributed by atoms with Crippen molar-refractivity contribution in [3.05, 3.63) is 29.3 Å². The number of hydrogen-bond donors (Lipinski definition) is 1.